The van der Waals surface area contributed by atoms with Crippen LogP contribution in [0.1, 0.15) is 52.0 Å². The van der Waals surface area contributed by atoms with Crippen LogP contribution in [0, 0.1) is 11.8 Å². The normalized spacial score (nSPS) is 24.6. The molecule has 1 saturated heterocycles. The number of amides is 8. The molecule has 64 heavy (non-hydrogen) atoms. The number of benzene rings is 1. The number of fused-ring (bicyclic) bond motifs is 3. The largest absolute Gasteiger partial charge is 0.508 e. The summed E-state index contributed by atoms with van der Waals surface area (Å²) in [6, 6.07) is -3.96. The molecule has 1 aromatic carbocycles. The van der Waals surface area contributed by atoms with E-state index < -0.39 is 151 Å². The number of rotatable bonds is 14. The van der Waals surface area contributed by atoms with Crippen LogP contribution in [0.3, 0.4) is 0 Å². The molecule has 4 rings (SSSR count). The Balaban J connectivity index is 1.75. The summed E-state index contributed by atoms with van der Waals surface area (Å²) in [5, 5.41) is 48.7. The molecule has 1 fully saturated rings. The topological polar surface area (TPSA) is 361 Å². The van der Waals surface area contributed by atoms with E-state index in [0.29, 0.717) is 18.1 Å². The van der Waals surface area contributed by atoms with E-state index >= 15 is 0 Å². The number of aromatic amines is 1. The van der Waals surface area contributed by atoms with Gasteiger partial charge in [0.25, 0.3) is 0 Å². The number of β-amino-alcohol motifs (C(OH)–C–C–N with tert-alkyl or cyclic N) is 1. The number of aromatic hydroxyl groups is 1. The van der Waals surface area contributed by atoms with E-state index in [1.165, 1.54) is 32.2 Å². The maximum atomic E-state index is 14.4. The van der Waals surface area contributed by atoms with Crippen LogP contribution in [0.4, 0.5) is 0 Å². The highest BCUT2D eigenvalue weighted by Gasteiger charge is 2.43. The molecule has 23 nitrogen and oxygen atoms in total. The fraction of sp³-hybridized carbons (Fsp3) is 0.575. The number of carbonyl (C=O) groups is 9. The summed E-state index contributed by atoms with van der Waals surface area (Å²) in [5.41, 5.74) is 5.73. The van der Waals surface area contributed by atoms with Crippen LogP contribution in [0.5, 0.6) is 5.75 Å². The van der Waals surface area contributed by atoms with Crippen LogP contribution in [-0.2, 0) is 60.4 Å². The van der Waals surface area contributed by atoms with Gasteiger partial charge in [-0.2, -0.15) is 0 Å². The molecule has 2 aliphatic rings. The van der Waals surface area contributed by atoms with E-state index in [-0.39, 0.29) is 41.2 Å². The van der Waals surface area contributed by atoms with Crippen molar-refractivity contribution in [3.8, 4) is 5.75 Å². The average molecular weight is 919 g/mol. The van der Waals surface area contributed by atoms with Crippen LogP contribution >= 0.6 is 0 Å². The maximum absolute atomic E-state index is 14.4. The Morgan fingerprint density at radius 2 is 1.72 bits per heavy atom. The lowest BCUT2D eigenvalue weighted by molar-refractivity contribution is -0.142. The number of aliphatic hydroxyl groups excluding tert-OH is 2. The van der Waals surface area contributed by atoms with Crippen LogP contribution in [0.2, 0.25) is 0 Å². The Hall–Kier alpha value is -5.98. The number of aliphatic hydroxyl groups is 2. The van der Waals surface area contributed by atoms with E-state index in [4.69, 9.17) is 5.73 Å². The lowest BCUT2D eigenvalue weighted by Gasteiger charge is -2.31. The van der Waals surface area contributed by atoms with Crippen molar-refractivity contribution in [1.29, 1.82) is 0 Å². The molecule has 8 amide bonds. The van der Waals surface area contributed by atoms with Crippen molar-refractivity contribution in [1.82, 2.24) is 47.1 Å². The van der Waals surface area contributed by atoms with Crippen LogP contribution in [-0.4, -0.2) is 164 Å². The standard InChI is InChI=1S/C40H58N10O13S/c1-5-19(2)33-37(60)44-14-31(56)45-21(17-52)18-64(63)39-25(24-7-6-22(53)10-26(24)47-39)12-27(35(58)43-15-32(57)48-33)46-38(61)34(20(3)8-9-51)49-36(59)29-11-23(54)16-50(29)40(62)28(42-4)13-30(41)55/h6-7,10,17,19-21,23,27-29,33-34,42,47,51,53-54H,5,8-9,11-16,18H2,1-4H3,(H2,41,55)(H,43,58)(H,44,60)(H,45,56)(H,46,61)(H,48,57)(H,49,59)/t19-,20-,21+,23+,27-,28-,29-,33?,34-,64?/m0/s1. The first-order chi connectivity index (χ1) is 30.3. The van der Waals surface area contributed by atoms with Crippen molar-refractivity contribution in [3.05, 3.63) is 23.8 Å². The molecule has 0 spiro atoms. The van der Waals surface area contributed by atoms with Gasteiger partial charge in [-0.25, -0.2) is 0 Å². The summed E-state index contributed by atoms with van der Waals surface area (Å²) in [6.45, 7) is 2.98. The minimum Gasteiger partial charge on any atom is -0.508 e. The minimum absolute atomic E-state index is 0.0415. The van der Waals surface area contributed by atoms with Gasteiger partial charge in [0.15, 0.2) is 0 Å². The molecule has 10 atom stereocenters. The Bertz CT molecular complexity index is 2120. The molecule has 13 N–H and O–H groups in total. The summed E-state index contributed by atoms with van der Waals surface area (Å²) in [5.74, 6) is -8.57. The van der Waals surface area contributed by atoms with Gasteiger partial charge in [0.2, 0.25) is 47.3 Å². The first-order valence-corrected chi connectivity index (χ1v) is 22.1. The number of nitrogens with two attached hydrogens (primary N) is 1. The smallest absolute Gasteiger partial charge is 0.243 e. The number of hydrogen-bond donors (Lipinski definition) is 12. The molecule has 0 aliphatic carbocycles. The van der Waals surface area contributed by atoms with Crippen LogP contribution < -0.4 is 43.0 Å². The second-order valence-corrected chi connectivity index (χ2v) is 17.4. The SMILES string of the molecule is CC[C@H](C)C1NC(=O)CNC(=O)[C@@H](NC(=O)[C@@H](NC(=O)[C@@H]2C[C@@H](O)CN2C(=O)[C@H](CC(N)=O)NC)[C@@H](C)CCO)Cc2c([nH]c3cc(O)ccc23)S(=O)C[C@@H](C=O)NC(=O)CNC1=O. The summed E-state index contributed by atoms with van der Waals surface area (Å²) in [4.78, 5) is 123. The Morgan fingerprint density at radius 1 is 1.05 bits per heavy atom. The molecule has 352 valence electrons. The van der Waals surface area contributed by atoms with Crippen molar-refractivity contribution < 1.29 is 62.7 Å². The van der Waals surface area contributed by atoms with E-state index in [1.54, 1.807) is 13.8 Å². The molecule has 1 aromatic heterocycles. The summed E-state index contributed by atoms with van der Waals surface area (Å²) in [7, 11) is -0.732. The number of phenolic OH excluding ortho intramolecular Hbond substituents is 1. The van der Waals surface area contributed by atoms with Crippen molar-refractivity contribution >= 4 is 75.2 Å². The van der Waals surface area contributed by atoms with Crippen LogP contribution in [0.25, 0.3) is 10.9 Å². The zero-order valence-electron chi connectivity index (χ0n) is 35.9. The molecule has 0 saturated carbocycles. The third-order valence-electron chi connectivity index (χ3n) is 11.3. The quantitative estimate of drug-likeness (QED) is 0.0794. The molecule has 2 unspecified atom stereocenters. The summed E-state index contributed by atoms with van der Waals surface area (Å²) in [6.07, 6.45) is -1.50. The number of primary amides is 1. The highest BCUT2D eigenvalue weighted by atomic mass is 32.2. The van der Waals surface area contributed by atoms with Crippen molar-refractivity contribution in [2.75, 3.05) is 39.0 Å². The fourth-order valence-electron chi connectivity index (χ4n) is 7.51. The number of likely N-dealkylation sites (N-methyl/N-ethyl adjacent to an activating group) is 1. The third kappa shape index (κ3) is 13.0. The lowest BCUT2D eigenvalue weighted by atomic mass is 9.96. The molecule has 0 bridgehead atoms. The number of nitrogens with one attached hydrogen (secondary N) is 8. The maximum Gasteiger partial charge on any atom is 0.243 e. The van der Waals surface area contributed by atoms with Gasteiger partial charge in [0.05, 0.1) is 59.8 Å². The number of likely N-dealkylation sites (tertiary alicyclic amines) is 1. The Morgan fingerprint density at radius 3 is 2.34 bits per heavy atom. The fourth-order valence-corrected chi connectivity index (χ4v) is 8.86. The first kappa shape index (κ1) is 50.7. The van der Waals surface area contributed by atoms with E-state index in [1.807, 2.05) is 0 Å². The molecular formula is C40H58N10O13S. The zero-order valence-corrected chi connectivity index (χ0v) is 36.8. The van der Waals surface area contributed by atoms with Crippen molar-refractivity contribution in [2.45, 2.75) is 100 Å². The van der Waals surface area contributed by atoms with Crippen molar-refractivity contribution in [3.63, 3.8) is 0 Å². The zero-order chi connectivity index (χ0) is 47.4. The predicted octanol–water partition coefficient (Wildman–Crippen LogP) is -4.60. The van der Waals surface area contributed by atoms with E-state index in [9.17, 15) is 62.7 Å². The lowest BCUT2D eigenvalue weighted by Crippen LogP contribution is -2.60. The van der Waals surface area contributed by atoms with E-state index in [2.05, 4.69) is 42.2 Å². The van der Waals surface area contributed by atoms with Gasteiger partial charge in [-0.15, -0.1) is 0 Å². The average Bonchev–Trinajstić information content (AvgIpc) is 3.82. The number of phenols is 1. The third-order valence-corrected chi connectivity index (χ3v) is 12.7. The molecular weight excluding hydrogens is 861 g/mol. The number of hydrogen-bond acceptors (Lipinski definition) is 14. The number of H-pyrrole nitrogens is 1. The monoisotopic (exact) mass is 918 g/mol. The van der Waals surface area contributed by atoms with Gasteiger partial charge in [0.1, 0.15) is 41.2 Å². The number of nitrogens with zero attached hydrogens (tertiary/aromatic N) is 1. The van der Waals surface area contributed by atoms with Gasteiger partial charge >= 0.3 is 0 Å². The van der Waals surface area contributed by atoms with Gasteiger partial charge < -0.3 is 72.9 Å². The molecule has 2 aliphatic heterocycles. The Labute approximate surface area is 370 Å². The van der Waals surface area contributed by atoms with E-state index in [0.717, 1.165) is 4.90 Å². The van der Waals surface area contributed by atoms with Crippen molar-refractivity contribution in [2.24, 2.45) is 17.6 Å². The predicted molar refractivity (Wildman–Crippen MR) is 228 cm³/mol. The van der Waals surface area contributed by atoms with Gasteiger partial charge in [0, 0.05) is 37.4 Å². The van der Waals surface area contributed by atoms with Gasteiger partial charge in [-0.05, 0) is 43.0 Å². The van der Waals surface area contributed by atoms with Gasteiger partial charge in [-0.3, -0.25) is 42.6 Å². The summed E-state index contributed by atoms with van der Waals surface area (Å²) < 4.78 is 14.1. The Kier molecular flexibility index (Phi) is 18.3. The summed E-state index contributed by atoms with van der Waals surface area (Å²) >= 11 is 0. The minimum atomic E-state index is -2.14. The molecule has 3 heterocycles. The van der Waals surface area contributed by atoms with Gasteiger partial charge in [-0.1, -0.05) is 27.2 Å². The highest BCUT2D eigenvalue weighted by molar-refractivity contribution is 7.85. The van der Waals surface area contributed by atoms with Crippen LogP contribution in [0.15, 0.2) is 23.2 Å². The first-order valence-electron chi connectivity index (χ1n) is 20.8. The second kappa shape index (κ2) is 23.1. The number of aromatic nitrogens is 1. The molecule has 2 aromatic rings. The molecule has 0 radical (unpaired) electrons. The second-order valence-electron chi connectivity index (χ2n) is 16.0. The number of carbonyl (C=O) groups excluding carboxylic acids is 9. The highest BCUT2D eigenvalue weighted by Crippen LogP contribution is 2.30. The molecule has 24 heteroatoms. The number of aldehydes is 1.